The average molecular weight is 260 g/mol. The van der Waals surface area contributed by atoms with Crippen LogP contribution in [0.25, 0.3) is 0 Å². The van der Waals surface area contributed by atoms with Crippen LogP contribution >= 0.6 is 11.3 Å². The summed E-state index contributed by atoms with van der Waals surface area (Å²) >= 11 is 0.835. The highest BCUT2D eigenvalue weighted by Gasteiger charge is 2.17. The Bertz CT molecular complexity index is 526. The fourth-order valence-electron chi connectivity index (χ4n) is 0.822. The minimum Gasteiger partial charge on any atom is -0.468 e. The van der Waals surface area contributed by atoms with Gasteiger partial charge in [0.1, 0.15) is 21.7 Å². The Labute approximate surface area is 96.5 Å². The monoisotopic (exact) mass is 260 g/mol. The van der Waals surface area contributed by atoms with Crippen LogP contribution in [0.2, 0.25) is 0 Å². The lowest BCUT2D eigenvalue weighted by Crippen LogP contribution is -2.29. The number of nitrogens with one attached hydrogen (secondary N) is 1. The van der Waals surface area contributed by atoms with Crippen LogP contribution in [-0.2, 0) is 19.6 Å². The van der Waals surface area contributed by atoms with E-state index in [2.05, 4.69) is 9.46 Å². The van der Waals surface area contributed by atoms with Crippen molar-refractivity contribution in [2.24, 2.45) is 0 Å². The van der Waals surface area contributed by atoms with Gasteiger partial charge in [-0.3, -0.25) is 4.79 Å². The molecule has 0 bridgehead atoms. The van der Waals surface area contributed by atoms with Crippen molar-refractivity contribution in [1.82, 2.24) is 4.72 Å². The molecule has 0 radical (unpaired) electrons. The van der Waals surface area contributed by atoms with Gasteiger partial charge in [-0.2, -0.15) is 9.98 Å². The van der Waals surface area contributed by atoms with Gasteiger partial charge in [0.05, 0.1) is 7.11 Å². The predicted octanol–water partition coefficient (Wildman–Crippen LogP) is 0.0711. The number of sulfonamides is 1. The Hall–Kier alpha value is -1.43. The molecule has 1 N–H and O–H groups in total. The number of nitrogens with zero attached hydrogens (tertiary/aromatic N) is 1. The van der Waals surface area contributed by atoms with E-state index in [4.69, 9.17) is 5.26 Å². The minimum atomic E-state index is -3.74. The summed E-state index contributed by atoms with van der Waals surface area (Å²) in [6.07, 6.45) is 0. The lowest BCUT2D eigenvalue weighted by molar-refractivity contribution is -0.139. The number of esters is 1. The first-order valence-corrected chi connectivity index (χ1v) is 6.36. The third-order valence-corrected chi connectivity index (χ3v) is 4.47. The minimum absolute atomic E-state index is 0.00652. The van der Waals surface area contributed by atoms with Gasteiger partial charge in [-0.15, -0.1) is 11.3 Å². The molecular weight excluding hydrogens is 252 g/mol. The predicted molar refractivity (Wildman–Crippen MR) is 56.2 cm³/mol. The zero-order chi connectivity index (χ0) is 12.2. The summed E-state index contributed by atoms with van der Waals surface area (Å²) in [6, 6.07) is 4.54. The SMILES string of the molecule is COC(=O)CNS(=O)(=O)c1ccc(C#N)s1. The molecule has 1 aromatic heterocycles. The maximum Gasteiger partial charge on any atom is 0.320 e. The molecule has 0 spiro atoms. The van der Waals surface area contributed by atoms with Crippen molar-refractivity contribution < 1.29 is 17.9 Å². The summed E-state index contributed by atoms with van der Waals surface area (Å²) < 4.78 is 29.5. The van der Waals surface area contributed by atoms with E-state index in [1.165, 1.54) is 12.1 Å². The van der Waals surface area contributed by atoms with E-state index >= 15 is 0 Å². The zero-order valence-electron chi connectivity index (χ0n) is 8.26. The summed E-state index contributed by atoms with van der Waals surface area (Å²) in [5, 5.41) is 8.54. The highest BCUT2D eigenvalue weighted by molar-refractivity contribution is 7.91. The highest BCUT2D eigenvalue weighted by atomic mass is 32.2. The van der Waals surface area contributed by atoms with Gasteiger partial charge in [0.15, 0.2) is 0 Å². The second-order valence-electron chi connectivity index (χ2n) is 2.63. The van der Waals surface area contributed by atoms with Crippen molar-refractivity contribution in [2.45, 2.75) is 4.21 Å². The van der Waals surface area contributed by atoms with Crippen molar-refractivity contribution in [3.05, 3.63) is 17.0 Å². The topological polar surface area (TPSA) is 96.3 Å². The van der Waals surface area contributed by atoms with E-state index in [0.29, 0.717) is 4.88 Å². The van der Waals surface area contributed by atoms with Crippen LogP contribution in [0.4, 0.5) is 0 Å². The molecule has 0 amide bonds. The molecule has 0 aliphatic carbocycles. The fraction of sp³-hybridized carbons (Fsp3) is 0.250. The van der Waals surface area contributed by atoms with E-state index < -0.39 is 22.5 Å². The van der Waals surface area contributed by atoms with E-state index in [1.807, 2.05) is 6.07 Å². The van der Waals surface area contributed by atoms with Crippen molar-refractivity contribution in [1.29, 1.82) is 5.26 Å². The number of nitriles is 1. The van der Waals surface area contributed by atoms with Gasteiger partial charge in [-0.25, -0.2) is 8.42 Å². The number of carbonyl (C=O) groups is 1. The van der Waals surface area contributed by atoms with E-state index in [9.17, 15) is 13.2 Å². The van der Waals surface area contributed by atoms with Crippen molar-refractivity contribution in [2.75, 3.05) is 13.7 Å². The highest BCUT2D eigenvalue weighted by Crippen LogP contribution is 2.20. The fourth-order valence-corrected chi connectivity index (χ4v) is 2.94. The van der Waals surface area contributed by atoms with Gasteiger partial charge in [0.25, 0.3) is 10.0 Å². The molecule has 0 aliphatic rings. The molecule has 0 aliphatic heterocycles. The number of hydrogen-bond donors (Lipinski definition) is 1. The van der Waals surface area contributed by atoms with Gasteiger partial charge in [0, 0.05) is 0 Å². The number of carbonyl (C=O) groups excluding carboxylic acids is 1. The molecule has 6 nitrogen and oxygen atoms in total. The van der Waals surface area contributed by atoms with Crippen molar-refractivity contribution in [3.8, 4) is 6.07 Å². The van der Waals surface area contributed by atoms with Crippen molar-refractivity contribution in [3.63, 3.8) is 0 Å². The molecule has 0 atom stereocenters. The van der Waals surface area contributed by atoms with Crippen LogP contribution in [0.1, 0.15) is 4.88 Å². The molecule has 0 saturated heterocycles. The first-order valence-electron chi connectivity index (χ1n) is 4.06. The molecule has 0 fully saturated rings. The number of ether oxygens (including phenoxy) is 1. The van der Waals surface area contributed by atoms with E-state index in [-0.39, 0.29) is 4.21 Å². The summed E-state index contributed by atoms with van der Waals surface area (Å²) in [7, 11) is -2.58. The van der Waals surface area contributed by atoms with Crippen LogP contribution in [-0.4, -0.2) is 28.0 Å². The van der Waals surface area contributed by atoms with E-state index in [1.54, 1.807) is 0 Å². The molecule has 1 aromatic rings. The first-order chi connectivity index (χ1) is 7.49. The Morgan fingerprint density at radius 2 is 2.31 bits per heavy atom. The Morgan fingerprint density at radius 1 is 1.62 bits per heavy atom. The summed E-state index contributed by atoms with van der Waals surface area (Å²) in [5.41, 5.74) is 0. The smallest absolute Gasteiger partial charge is 0.320 e. The maximum absolute atomic E-state index is 11.6. The maximum atomic E-state index is 11.6. The standard InChI is InChI=1S/C8H8N2O4S2/c1-14-7(11)5-10-16(12,13)8-3-2-6(4-9)15-8/h2-3,10H,5H2,1H3. The van der Waals surface area contributed by atoms with Crippen LogP contribution in [0, 0.1) is 11.3 Å². The van der Waals surface area contributed by atoms with Gasteiger partial charge in [-0.1, -0.05) is 0 Å². The Balaban J connectivity index is 2.79. The quantitative estimate of drug-likeness (QED) is 0.773. The molecule has 86 valence electrons. The molecule has 1 rings (SSSR count). The summed E-state index contributed by atoms with van der Waals surface area (Å²) in [5.74, 6) is -0.680. The van der Waals surface area contributed by atoms with Crippen LogP contribution in [0.3, 0.4) is 0 Å². The third kappa shape index (κ3) is 3.03. The first kappa shape index (κ1) is 12.6. The normalized spacial score (nSPS) is 10.8. The number of rotatable bonds is 4. The van der Waals surface area contributed by atoms with Gasteiger partial charge < -0.3 is 4.74 Å². The number of thiophene rings is 1. The molecular formula is C8H8N2O4S2. The van der Waals surface area contributed by atoms with Crippen LogP contribution < -0.4 is 4.72 Å². The molecule has 0 unspecified atom stereocenters. The van der Waals surface area contributed by atoms with Crippen LogP contribution in [0.15, 0.2) is 16.3 Å². The Kier molecular flexibility index (Phi) is 4.00. The second-order valence-corrected chi connectivity index (χ2v) is 5.71. The zero-order valence-corrected chi connectivity index (χ0v) is 9.89. The lowest BCUT2D eigenvalue weighted by atomic mass is 10.5. The largest absolute Gasteiger partial charge is 0.468 e. The molecule has 1 heterocycles. The van der Waals surface area contributed by atoms with Gasteiger partial charge >= 0.3 is 5.97 Å². The average Bonchev–Trinajstić information content (AvgIpc) is 2.75. The third-order valence-electron chi connectivity index (χ3n) is 1.59. The van der Waals surface area contributed by atoms with Crippen molar-refractivity contribution >= 4 is 27.3 Å². The molecule has 8 heteroatoms. The van der Waals surface area contributed by atoms with Gasteiger partial charge in [0.2, 0.25) is 0 Å². The lowest BCUT2D eigenvalue weighted by Gasteiger charge is -2.02. The number of hydrogen-bond acceptors (Lipinski definition) is 6. The van der Waals surface area contributed by atoms with Crippen LogP contribution in [0.5, 0.6) is 0 Å². The van der Waals surface area contributed by atoms with E-state index in [0.717, 1.165) is 18.4 Å². The van der Waals surface area contributed by atoms with Gasteiger partial charge in [-0.05, 0) is 12.1 Å². The molecule has 0 saturated carbocycles. The molecule has 0 aromatic carbocycles. The Morgan fingerprint density at radius 3 is 2.81 bits per heavy atom. The summed E-state index contributed by atoms with van der Waals surface area (Å²) in [4.78, 5) is 11.0. The second kappa shape index (κ2) is 5.07. The number of methoxy groups -OCH3 is 1. The molecule has 16 heavy (non-hydrogen) atoms. The summed E-state index contributed by atoms with van der Waals surface area (Å²) in [6.45, 7) is -0.432.